The number of carbonyl (C=O) groups is 1. The van der Waals surface area contributed by atoms with Gasteiger partial charge in [0.05, 0.1) is 0 Å². The van der Waals surface area contributed by atoms with E-state index in [4.69, 9.17) is 5.11 Å². The zero-order chi connectivity index (χ0) is 12.9. The average Bonchev–Trinajstić information content (AvgIpc) is 2.27. The minimum absolute atomic E-state index is 0.258. The third-order valence-electron chi connectivity index (χ3n) is 3.03. The van der Waals surface area contributed by atoms with E-state index in [1.54, 1.807) is 0 Å². The predicted molar refractivity (Wildman–Crippen MR) is 73.2 cm³/mol. The number of allylic oxidation sites excluding steroid dienone is 2. The highest BCUT2D eigenvalue weighted by molar-refractivity contribution is 5.66. The van der Waals surface area contributed by atoms with Crippen molar-refractivity contribution in [3.05, 3.63) is 11.6 Å². The molecule has 0 radical (unpaired) electrons. The third kappa shape index (κ3) is 13.1. The van der Waals surface area contributed by atoms with Gasteiger partial charge in [-0.1, -0.05) is 57.1 Å². The summed E-state index contributed by atoms with van der Waals surface area (Å²) in [4.78, 5) is 10.3. The maximum Gasteiger partial charge on any atom is 0.303 e. The van der Waals surface area contributed by atoms with E-state index < -0.39 is 5.97 Å². The van der Waals surface area contributed by atoms with Crippen LogP contribution in [0.25, 0.3) is 0 Å². The van der Waals surface area contributed by atoms with Gasteiger partial charge < -0.3 is 5.11 Å². The fourth-order valence-electron chi connectivity index (χ4n) is 1.91. The van der Waals surface area contributed by atoms with Gasteiger partial charge in [-0.15, -0.1) is 0 Å². The highest BCUT2D eigenvalue weighted by atomic mass is 16.4. The monoisotopic (exact) mass is 240 g/mol. The minimum atomic E-state index is -0.704. The van der Waals surface area contributed by atoms with E-state index in [1.165, 1.54) is 50.5 Å². The molecule has 0 atom stereocenters. The Bertz CT molecular complexity index is 219. The summed E-state index contributed by atoms with van der Waals surface area (Å²) >= 11 is 0. The Hall–Kier alpha value is -0.790. The summed E-state index contributed by atoms with van der Waals surface area (Å²) in [6.45, 7) is 4.35. The molecule has 0 saturated heterocycles. The molecule has 100 valence electrons. The molecule has 0 aliphatic heterocycles. The van der Waals surface area contributed by atoms with Gasteiger partial charge in [-0.25, -0.2) is 0 Å². The first-order chi connectivity index (χ1) is 8.16. The molecule has 0 saturated carbocycles. The molecule has 0 bridgehead atoms. The smallest absolute Gasteiger partial charge is 0.303 e. The fourth-order valence-corrected chi connectivity index (χ4v) is 1.91. The lowest BCUT2D eigenvalue weighted by atomic mass is 10.0. The number of carboxylic acids is 1. The molecule has 1 N–H and O–H groups in total. The van der Waals surface area contributed by atoms with Crippen LogP contribution in [-0.2, 0) is 4.79 Å². The summed E-state index contributed by atoms with van der Waals surface area (Å²) in [6.07, 6.45) is 13.5. The molecular formula is C15H28O2. The maximum absolute atomic E-state index is 10.3. The van der Waals surface area contributed by atoms with Crippen molar-refractivity contribution in [2.45, 2.75) is 78.1 Å². The number of hydrogen-bond acceptors (Lipinski definition) is 1. The van der Waals surface area contributed by atoms with Crippen LogP contribution in [0.1, 0.15) is 78.1 Å². The molecule has 0 aliphatic carbocycles. The van der Waals surface area contributed by atoms with Crippen LogP contribution in [-0.4, -0.2) is 11.1 Å². The normalized spacial score (nSPS) is 11.8. The summed E-state index contributed by atoms with van der Waals surface area (Å²) < 4.78 is 0. The first-order valence-corrected chi connectivity index (χ1v) is 7.04. The summed E-state index contributed by atoms with van der Waals surface area (Å²) in [6, 6.07) is 0. The van der Waals surface area contributed by atoms with Crippen LogP contribution in [0.15, 0.2) is 11.6 Å². The van der Waals surface area contributed by atoms with Gasteiger partial charge in [0.15, 0.2) is 0 Å². The van der Waals surface area contributed by atoms with Crippen molar-refractivity contribution in [3.8, 4) is 0 Å². The molecule has 0 aromatic rings. The van der Waals surface area contributed by atoms with E-state index in [1.807, 2.05) is 0 Å². The molecule has 2 heteroatoms. The molecule has 0 unspecified atom stereocenters. The molecule has 17 heavy (non-hydrogen) atoms. The molecule has 0 fully saturated rings. The second-order valence-electron chi connectivity index (χ2n) is 4.85. The summed E-state index contributed by atoms with van der Waals surface area (Å²) in [5, 5.41) is 8.51. The average molecular weight is 240 g/mol. The van der Waals surface area contributed by atoms with Gasteiger partial charge in [-0.2, -0.15) is 0 Å². The Morgan fingerprint density at radius 1 is 1.00 bits per heavy atom. The van der Waals surface area contributed by atoms with Crippen molar-refractivity contribution in [1.82, 2.24) is 0 Å². The molecule has 0 spiro atoms. The Morgan fingerprint density at radius 2 is 1.59 bits per heavy atom. The number of carboxylic acid groups (broad SMARTS) is 1. The van der Waals surface area contributed by atoms with Gasteiger partial charge in [0.25, 0.3) is 0 Å². The van der Waals surface area contributed by atoms with Gasteiger partial charge in [0.2, 0.25) is 0 Å². The maximum atomic E-state index is 10.3. The molecule has 2 nitrogen and oxygen atoms in total. The standard InChI is InChI=1S/C15H28O2/c1-3-4-5-6-7-8-9-11-14(2)12-10-13-15(16)17/h12H,3-11,13H2,1-2H3,(H,16,17). The molecule has 0 rings (SSSR count). The Kier molecular flexibility index (Phi) is 11.1. The lowest BCUT2D eigenvalue weighted by molar-refractivity contribution is -0.136. The van der Waals surface area contributed by atoms with Gasteiger partial charge in [-0.05, 0) is 26.2 Å². The molecule has 0 aromatic heterocycles. The molecule has 0 heterocycles. The number of aliphatic carboxylic acids is 1. The highest BCUT2D eigenvalue weighted by Gasteiger charge is 1.95. The first-order valence-electron chi connectivity index (χ1n) is 7.04. The van der Waals surface area contributed by atoms with Gasteiger partial charge in [0.1, 0.15) is 0 Å². The zero-order valence-electron chi connectivity index (χ0n) is 11.5. The molecule has 0 amide bonds. The third-order valence-corrected chi connectivity index (χ3v) is 3.03. The largest absolute Gasteiger partial charge is 0.481 e. The van der Waals surface area contributed by atoms with Gasteiger partial charge in [-0.3, -0.25) is 4.79 Å². The van der Waals surface area contributed by atoms with Crippen LogP contribution in [0.5, 0.6) is 0 Å². The van der Waals surface area contributed by atoms with E-state index in [0.717, 1.165) is 6.42 Å². The summed E-state index contributed by atoms with van der Waals surface area (Å²) in [5.74, 6) is -0.704. The first kappa shape index (κ1) is 16.2. The van der Waals surface area contributed by atoms with Crippen LogP contribution < -0.4 is 0 Å². The Morgan fingerprint density at radius 3 is 2.18 bits per heavy atom. The summed E-state index contributed by atoms with van der Waals surface area (Å²) in [7, 11) is 0. The van der Waals surface area contributed by atoms with E-state index in [9.17, 15) is 4.79 Å². The lowest BCUT2D eigenvalue weighted by Crippen LogP contribution is -1.92. The van der Waals surface area contributed by atoms with Crippen molar-refractivity contribution >= 4 is 5.97 Å². The van der Waals surface area contributed by atoms with Gasteiger partial charge in [0, 0.05) is 6.42 Å². The number of unbranched alkanes of at least 4 members (excludes halogenated alkanes) is 6. The van der Waals surface area contributed by atoms with E-state index in [2.05, 4.69) is 19.9 Å². The van der Waals surface area contributed by atoms with Crippen LogP contribution in [0.2, 0.25) is 0 Å². The van der Waals surface area contributed by atoms with E-state index in [0.29, 0.717) is 6.42 Å². The van der Waals surface area contributed by atoms with Crippen molar-refractivity contribution in [2.24, 2.45) is 0 Å². The molecule has 0 aliphatic rings. The quantitative estimate of drug-likeness (QED) is 0.410. The highest BCUT2D eigenvalue weighted by Crippen LogP contribution is 2.12. The second-order valence-corrected chi connectivity index (χ2v) is 4.85. The van der Waals surface area contributed by atoms with Crippen LogP contribution in [0.3, 0.4) is 0 Å². The number of hydrogen-bond donors (Lipinski definition) is 1. The molecular weight excluding hydrogens is 212 g/mol. The lowest BCUT2D eigenvalue weighted by Gasteiger charge is -2.02. The Labute approximate surface area is 106 Å². The second kappa shape index (κ2) is 11.7. The number of rotatable bonds is 11. The van der Waals surface area contributed by atoms with Crippen molar-refractivity contribution in [1.29, 1.82) is 0 Å². The topological polar surface area (TPSA) is 37.3 Å². The van der Waals surface area contributed by atoms with Crippen LogP contribution in [0.4, 0.5) is 0 Å². The van der Waals surface area contributed by atoms with E-state index in [-0.39, 0.29) is 6.42 Å². The predicted octanol–water partition coefficient (Wildman–Crippen LogP) is 4.94. The zero-order valence-corrected chi connectivity index (χ0v) is 11.5. The fraction of sp³-hybridized carbons (Fsp3) is 0.800. The molecule has 0 aromatic carbocycles. The van der Waals surface area contributed by atoms with Crippen molar-refractivity contribution in [2.75, 3.05) is 0 Å². The van der Waals surface area contributed by atoms with Crippen LogP contribution in [0, 0.1) is 0 Å². The minimum Gasteiger partial charge on any atom is -0.481 e. The van der Waals surface area contributed by atoms with Crippen LogP contribution >= 0.6 is 0 Å². The van der Waals surface area contributed by atoms with Crippen molar-refractivity contribution in [3.63, 3.8) is 0 Å². The van der Waals surface area contributed by atoms with Gasteiger partial charge >= 0.3 is 5.97 Å². The Balaban J connectivity index is 3.32. The SMILES string of the molecule is CCCCCCCCCC(C)=CCCC(=O)O. The van der Waals surface area contributed by atoms with E-state index >= 15 is 0 Å². The summed E-state index contributed by atoms with van der Waals surface area (Å²) in [5.41, 5.74) is 1.35. The van der Waals surface area contributed by atoms with Crippen molar-refractivity contribution < 1.29 is 9.90 Å².